The maximum Gasteiger partial charge on any atom is 0.425 e. The molecule has 1 N–H and O–H groups in total. The number of sulfone groups is 1. The predicted octanol–water partition coefficient (Wildman–Crippen LogP) is 2.25. The number of amides is 1. The molecule has 0 aliphatic carbocycles. The Kier molecular flexibility index (Phi) is 6.73. The number of aromatic nitrogens is 3. The minimum atomic E-state index is -4.77. The fourth-order valence-corrected chi connectivity index (χ4v) is 4.59. The summed E-state index contributed by atoms with van der Waals surface area (Å²) in [7, 11) is -3.70. The average molecular weight is 527 g/mol. The van der Waals surface area contributed by atoms with Gasteiger partial charge in [0.05, 0.1) is 30.7 Å². The number of pyridine rings is 1. The number of halogens is 5. The second-order valence-electron chi connectivity index (χ2n) is 8.54. The molecule has 0 aromatic carbocycles. The minimum Gasteiger partial charge on any atom is -0.479 e. The van der Waals surface area contributed by atoms with Crippen LogP contribution in [0.5, 0.6) is 5.75 Å². The highest BCUT2D eigenvalue weighted by atomic mass is 32.2. The van der Waals surface area contributed by atoms with Crippen LogP contribution in [-0.4, -0.2) is 72.8 Å². The van der Waals surface area contributed by atoms with E-state index < -0.39 is 69.8 Å². The van der Waals surface area contributed by atoms with E-state index in [9.17, 15) is 35.2 Å². The number of carbonyl (C=O) groups is 1. The largest absolute Gasteiger partial charge is 0.479 e. The first-order valence-electron chi connectivity index (χ1n) is 10.1. The van der Waals surface area contributed by atoms with Crippen molar-refractivity contribution in [2.24, 2.45) is 0 Å². The highest BCUT2D eigenvalue weighted by molar-refractivity contribution is 7.90. The van der Waals surface area contributed by atoms with E-state index in [2.05, 4.69) is 20.4 Å². The van der Waals surface area contributed by atoms with Crippen LogP contribution in [0, 0.1) is 6.92 Å². The van der Waals surface area contributed by atoms with Gasteiger partial charge in [-0.1, -0.05) is 5.16 Å². The normalized spacial score (nSPS) is 18.4. The van der Waals surface area contributed by atoms with E-state index in [-0.39, 0.29) is 17.4 Å². The molecule has 1 saturated heterocycles. The van der Waals surface area contributed by atoms with Crippen LogP contribution in [0.3, 0.4) is 0 Å². The third-order valence-corrected chi connectivity index (χ3v) is 6.09. The molecule has 2 unspecified atom stereocenters. The van der Waals surface area contributed by atoms with Crippen LogP contribution in [-0.2, 0) is 15.4 Å². The Bertz CT molecular complexity index is 1210. The lowest BCUT2D eigenvalue weighted by Crippen LogP contribution is -2.56. The van der Waals surface area contributed by atoms with Gasteiger partial charge in [-0.2, -0.15) is 18.2 Å². The highest BCUT2D eigenvalue weighted by Crippen LogP contribution is 2.39. The van der Waals surface area contributed by atoms with Crippen molar-refractivity contribution in [1.82, 2.24) is 20.4 Å². The zero-order valence-electron chi connectivity index (χ0n) is 19.0. The zero-order chi connectivity index (χ0) is 26.4. The summed E-state index contributed by atoms with van der Waals surface area (Å²) in [4.78, 5) is 21.8. The molecule has 194 valence electrons. The summed E-state index contributed by atoms with van der Waals surface area (Å²) in [6, 6.07) is 0.867. The molecule has 0 spiro atoms. The predicted molar refractivity (Wildman–Crippen MR) is 111 cm³/mol. The molecule has 16 heteroatoms. The Labute approximate surface area is 196 Å². The third kappa shape index (κ3) is 6.35. The molecule has 2 atom stereocenters. The highest BCUT2D eigenvalue weighted by Gasteiger charge is 2.46. The van der Waals surface area contributed by atoms with Crippen molar-refractivity contribution in [3.8, 4) is 5.75 Å². The van der Waals surface area contributed by atoms with Gasteiger partial charge in [0, 0.05) is 19.2 Å². The molecule has 35 heavy (non-hydrogen) atoms. The molecule has 1 fully saturated rings. The van der Waals surface area contributed by atoms with Crippen molar-refractivity contribution in [2.75, 3.05) is 30.0 Å². The number of nitrogens with zero attached hydrogens (tertiary/aromatic N) is 4. The molecule has 0 bridgehead atoms. The van der Waals surface area contributed by atoms with Crippen LogP contribution in [0.15, 0.2) is 16.8 Å². The summed E-state index contributed by atoms with van der Waals surface area (Å²) < 4.78 is 99.7. The van der Waals surface area contributed by atoms with E-state index in [4.69, 9.17) is 9.26 Å². The molecule has 2 aromatic rings. The van der Waals surface area contributed by atoms with Gasteiger partial charge in [0.15, 0.2) is 11.9 Å². The van der Waals surface area contributed by atoms with Crippen molar-refractivity contribution in [3.05, 3.63) is 29.7 Å². The number of carbonyl (C=O) groups excluding carboxylic acids is 1. The summed E-state index contributed by atoms with van der Waals surface area (Å²) in [5, 5.41) is 6.08. The smallest absolute Gasteiger partial charge is 0.425 e. The quantitative estimate of drug-likeness (QED) is 0.514. The first-order chi connectivity index (χ1) is 15.9. The van der Waals surface area contributed by atoms with E-state index in [1.807, 2.05) is 0 Å². The fourth-order valence-electron chi connectivity index (χ4n) is 3.34. The molecule has 1 amide bonds. The Morgan fingerprint density at radius 2 is 1.97 bits per heavy atom. The molecular formula is C19H22F5N5O5S. The van der Waals surface area contributed by atoms with Gasteiger partial charge in [0.1, 0.15) is 26.8 Å². The number of hydrogen-bond acceptors (Lipinski definition) is 9. The summed E-state index contributed by atoms with van der Waals surface area (Å²) in [5.74, 6) is -5.22. The van der Waals surface area contributed by atoms with Gasteiger partial charge in [0.2, 0.25) is 5.89 Å². The van der Waals surface area contributed by atoms with E-state index in [1.54, 1.807) is 0 Å². The van der Waals surface area contributed by atoms with E-state index in [0.29, 0.717) is 0 Å². The molecule has 2 aromatic heterocycles. The Hall–Kier alpha value is -3.04. The molecular weight excluding hydrogens is 505 g/mol. The zero-order valence-corrected chi connectivity index (χ0v) is 19.8. The maximum absolute atomic E-state index is 13.3. The van der Waals surface area contributed by atoms with Crippen molar-refractivity contribution in [1.29, 1.82) is 0 Å². The Balaban J connectivity index is 1.95. The van der Waals surface area contributed by atoms with Gasteiger partial charge in [-0.3, -0.25) is 4.79 Å². The number of nitrogens with one attached hydrogen (secondary N) is 1. The first kappa shape index (κ1) is 26.6. The van der Waals surface area contributed by atoms with Crippen LogP contribution < -0.4 is 15.0 Å². The molecule has 0 saturated carbocycles. The Morgan fingerprint density at radius 3 is 2.46 bits per heavy atom. The van der Waals surface area contributed by atoms with Crippen molar-refractivity contribution < 1.29 is 44.4 Å². The number of anilines is 1. The van der Waals surface area contributed by atoms with Crippen LogP contribution in [0.4, 0.5) is 27.6 Å². The monoisotopic (exact) mass is 527 g/mol. The van der Waals surface area contributed by atoms with E-state index in [0.717, 1.165) is 30.3 Å². The summed E-state index contributed by atoms with van der Waals surface area (Å²) in [6.07, 6.45) is -5.23. The lowest BCUT2D eigenvalue weighted by atomic mass is 10.0. The van der Waals surface area contributed by atoms with Gasteiger partial charge >= 0.3 is 6.18 Å². The van der Waals surface area contributed by atoms with Crippen LogP contribution in [0.1, 0.15) is 36.1 Å². The maximum atomic E-state index is 13.3. The molecule has 3 rings (SSSR count). The lowest BCUT2D eigenvalue weighted by molar-refractivity contribution is -0.189. The van der Waals surface area contributed by atoms with Crippen molar-refractivity contribution in [2.45, 2.75) is 44.5 Å². The van der Waals surface area contributed by atoms with Crippen LogP contribution in [0.25, 0.3) is 0 Å². The molecule has 3 heterocycles. The minimum absolute atomic E-state index is 0.0969. The van der Waals surface area contributed by atoms with Crippen molar-refractivity contribution >= 4 is 21.4 Å². The summed E-state index contributed by atoms with van der Waals surface area (Å²) >= 11 is 0. The second-order valence-corrected chi connectivity index (χ2v) is 10.7. The van der Waals surface area contributed by atoms with Gasteiger partial charge in [-0.15, -0.1) is 0 Å². The molecule has 1 aliphatic rings. The molecule has 1 aliphatic heterocycles. The number of alkyl halides is 5. The number of aryl methyl sites for hydroxylation is 1. The van der Waals surface area contributed by atoms with Gasteiger partial charge in [-0.25, -0.2) is 22.2 Å². The number of ether oxygens (including phenoxy) is 1. The average Bonchev–Trinajstić information content (AvgIpc) is 3.11. The van der Waals surface area contributed by atoms with Crippen LogP contribution >= 0.6 is 0 Å². The van der Waals surface area contributed by atoms with Crippen LogP contribution in [0.2, 0.25) is 0 Å². The SMILES string of the molecule is Cc1nc(C(C)(CS(C)(=O)=O)NC(=O)c2cc(OC(C)C(F)(F)F)c(N3CC(F)(F)C3)cn2)no1. The first-order valence-corrected chi connectivity index (χ1v) is 12.1. The number of rotatable bonds is 8. The van der Waals surface area contributed by atoms with Gasteiger partial charge in [0.25, 0.3) is 11.8 Å². The summed E-state index contributed by atoms with van der Waals surface area (Å²) in [6.45, 7) is 1.96. The fraction of sp³-hybridized carbons (Fsp3) is 0.579. The topological polar surface area (TPSA) is 128 Å². The Morgan fingerprint density at radius 1 is 1.34 bits per heavy atom. The van der Waals surface area contributed by atoms with Gasteiger partial charge < -0.3 is 19.5 Å². The third-order valence-electron chi connectivity index (χ3n) is 4.99. The molecule has 10 nitrogen and oxygen atoms in total. The van der Waals surface area contributed by atoms with E-state index >= 15 is 0 Å². The van der Waals surface area contributed by atoms with E-state index in [1.165, 1.54) is 13.8 Å². The summed E-state index contributed by atoms with van der Waals surface area (Å²) in [5.41, 5.74) is -2.30. The molecule has 0 radical (unpaired) electrons. The number of hydrogen-bond donors (Lipinski definition) is 1. The second kappa shape index (κ2) is 8.87. The standard InChI is InChI=1S/C19H22F5N5O5S/c1-10(19(22,23)24)33-14-5-12(25-6-13(14)29-7-18(20,21)8-29)15(30)27-17(3,9-35(4,31)32)16-26-11(2)34-28-16/h5-6,10H,7-9H2,1-4H3,(H,27,30). The lowest BCUT2D eigenvalue weighted by Gasteiger charge is -2.41. The van der Waals surface area contributed by atoms with Gasteiger partial charge in [-0.05, 0) is 13.8 Å². The van der Waals surface area contributed by atoms with Crippen molar-refractivity contribution in [3.63, 3.8) is 0 Å².